The van der Waals surface area contributed by atoms with Crippen molar-refractivity contribution >= 4 is 11.9 Å². The van der Waals surface area contributed by atoms with E-state index in [1.807, 2.05) is 24.3 Å². The molecule has 0 saturated carbocycles. The van der Waals surface area contributed by atoms with Gasteiger partial charge in [0.25, 0.3) is 0 Å². The Balaban J connectivity index is 2.52. The third kappa shape index (κ3) is 7.83. The summed E-state index contributed by atoms with van der Waals surface area (Å²) in [7, 11) is 0. The van der Waals surface area contributed by atoms with Crippen LogP contribution in [0.2, 0.25) is 0 Å². The molecule has 0 bridgehead atoms. The Kier molecular flexibility index (Phi) is 10.7. The van der Waals surface area contributed by atoms with E-state index in [1.165, 1.54) is 12.5 Å². The van der Waals surface area contributed by atoms with Crippen LogP contribution in [0.25, 0.3) is 0 Å². The van der Waals surface area contributed by atoms with E-state index in [9.17, 15) is 9.59 Å². The maximum Gasteiger partial charge on any atom is 0.338 e. The Morgan fingerprint density at radius 2 is 1.53 bits per heavy atom. The summed E-state index contributed by atoms with van der Waals surface area (Å²) in [6.07, 6.45) is 2.49. The smallest absolute Gasteiger partial charge is 0.338 e. The fourth-order valence-corrected chi connectivity index (χ4v) is 7.39. The maximum atomic E-state index is 13.5. The lowest BCUT2D eigenvalue weighted by atomic mass is 9.61. The number of piperidine rings is 1. The summed E-state index contributed by atoms with van der Waals surface area (Å²) in [6.45, 7) is 27.2. The van der Waals surface area contributed by atoms with E-state index >= 15 is 0 Å². The number of benzene rings is 1. The van der Waals surface area contributed by atoms with Crippen LogP contribution in [0.4, 0.5) is 0 Å². The highest BCUT2D eigenvalue weighted by Crippen LogP contribution is 2.51. The number of hydrogen-bond donors (Lipinski definition) is 0. The van der Waals surface area contributed by atoms with Gasteiger partial charge in [-0.1, -0.05) is 74.4 Å². The molecule has 0 spiro atoms. The van der Waals surface area contributed by atoms with Crippen molar-refractivity contribution in [2.45, 2.75) is 125 Å². The van der Waals surface area contributed by atoms with Crippen molar-refractivity contribution < 1.29 is 19.1 Å². The Labute approximate surface area is 233 Å². The average molecular weight is 530 g/mol. The Morgan fingerprint density at radius 3 is 1.97 bits per heavy atom. The first-order chi connectivity index (χ1) is 17.4. The largest absolute Gasteiger partial charge is 0.465 e. The van der Waals surface area contributed by atoms with Crippen LogP contribution in [0.3, 0.4) is 0 Å². The van der Waals surface area contributed by atoms with E-state index in [4.69, 9.17) is 9.47 Å². The lowest BCUT2D eigenvalue weighted by molar-refractivity contribution is -0.172. The van der Waals surface area contributed by atoms with E-state index in [1.54, 1.807) is 0 Å². The van der Waals surface area contributed by atoms with Crippen LogP contribution in [0, 0.1) is 23.7 Å². The number of esters is 2. The number of nitrogens with zero attached hydrogens (tertiary/aromatic N) is 1. The van der Waals surface area contributed by atoms with Crippen LogP contribution in [0.15, 0.2) is 24.3 Å². The molecule has 0 N–H and O–H groups in total. The van der Waals surface area contributed by atoms with Gasteiger partial charge < -0.3 is 9.47 Å². The van der Waals surface area contributed by atoms with Crippen molar-refractivity contribution in [1.82, 2.24) is 4.90 Å². The molecule has 1 aromatic rings. The van der Waals surface area contributed by atoms with Crippen molar-refractivity contribution in [3.8, 4) is 0 Å². The second-order valence-electron chi connectivity index (χ2n) is 14.3. The molecule has 2 rings (SSSR count). The molecule has 216 valence electrons. The summed E-state index contributed by atoms with van der Waals surface area (Å²) in [5.41, 5.74) is 1.40. The zero-order chi connectivity index (χ0) is 29.1. The molecule has 1 heterocycles. The summed E-state index contributed by atoms with van der Waals surface area (Å²) in [4.78, 5) is 27.8. The molecule has 0 amide bonds. The molecule has 1 aliphatic heterocycles. The van der Waals surface area contributed by atoms with Gasteiger partial charge in [0.1, 0.15) is 12.7 Å². The van der Waals surface area contributed by atoms with Gasteiger partial charge in [0, 0.05) is 36.9 Å². The quantitative estimate of drug-likeness (QED) is 0.291. The van der Waals surface area contributed by atoms with Gasteiger partial charge in [0.2, 0.25) is 0 Å². The molecule has 5 nitrogen and oxygen atoms in total. The van der Waals surface area contributed by atoms with Crippen LogP contribution in [-0.2, 0) is 19.7 Å². The van der Waals surface area contributed by atoms with Crippen LogP contribution in [-0.4, -0.2) is 47.2 Å². The number of hydrogen-bond acceptors (Lipinski definition) is 5. The zero-order valence-corrected chi connectivity index (χ0v) is 26.3. The van der Waals surface area contributed by atoms with Gasteiger partial charge >= 0.3 is 11.9 Å². The molecular formula is C33H55NO4. The first-order valence-corrected chi connectivity index (χ1v) is 14.6. The molecule has 0 radical (unpaired) electrons. The van der Waals surface area contributed by atoms with E-state index in [0.29, 0.717) is 36.5 Å². The van der Waals surface area contributed by atoms with Crippen molar-refractivity contribution in [1.29, 1.82) is 0 Å². The molecular weight excluding hydrogens is 474 g/mol. The lowest BCUT2D eigenvalue weighted by Crippen LogP contribution is -2.71. The second-order valence-corrected chi connectivity index (χ2v) is 14.3. The predicted octanol–water partition coefficient (Wildman–Crippen LogP) is 7.66. The minimum absolute atomic E-state index is 0.0292. The van der Waals surface area contributed by atoms with E-state index in [2.05, 4.69) is 81.1 Å². The maximum absolute atomic E-state index is 13.5. The fraction of sp³-hybridized carbons (Fsp3) is 0.758. The molecule has 0 aromatic heterocycles. The summed E-state index contributed by atoms with van der Waals surface area (Å²) in [5.74, 6) is 0.882. The summed E-state index contributed by atoms with van der Waals surface area (Å²) >= 11 is 0. The van der Waals surface area contributed by atoms with Crippen LogP contribution < -0.4 is 0 Å². The van der Waals surface area contributed by atoms with Gasteiger partial charge in [-0.2, -0.15) is 0 Å². The molecule has 1 saturated heterocycles. The number of ether oxygens (including phenoxy) is 2. The molecule has 1 aromatic carbocycles. The topological polar surface area (TPSA) is 55.8 Å². The van der Waals surface area contributed by atoms with Crippen molar-refractivity contribution in [3.05, 3.63) is 35.4 Å². The van der Waals surface area contributed by atoms with Crippen LogP contribution in [0.5, 0.6) is 0 Å². The minimum atomic E-state index is -0.247. The Hall–Kier alpha value is -1.88. The Bertz CT molecular complexity index is 929. The average Bonchev–Trinajstić information content (AvgIpc) is 2.73. The second kappa shape index (κ2) is 12.5. The first kappa shape index (κ1) is 32.3. The Morgan fingerprint density at radius 1 is 0.974 bits per heavy atom. The van der Waals surface area contributed by atoms with Crippen molar-refractivity contribution in [3.63, 3.8) is 0 Å². The van der Waals surface area contributed by atoms with Gasteiger partial charge in [-0.05, 0) is 67.6 Å². The van der Waals surface area contributed by atoms with Crippen molar-refractivity contribution in [2.24, 2.45) is 23.7 Å². The molecule has 4 atom stereocenters. The monoisotopic (exact) mass is 529 g/mol. The third-order valence-corrected chi connectivity index (χ3v) is 8.28. The molecule has 4 unspecified atom stereocenters. The van der Waals surface area contributed by atoms with Gasteiger partial charge in [-0.25, -0.2) is 4.79 Å². The van der Waals surface area contributed by atoms with E-state index in [0.717, 1.165) is 19.3 Å². The van der Waals surface area contributed by atoms with Gasteiger partial charge in [-0.3, -0.25) is 9.69 Å². The van der Waals surface area contributed by atoms with Gasteiger partial charge in [0.15, 0.2) is 0 Å². The van der Waals surface area contributed by atoms with Crippen LogP contribution >= 0.6 is 0 Å². The van der Waals surface area contributed by atoms with Gasteiger partial charge in [-0.15, -0.1) is 0 Å². The minimum Gasteiger partial charge on any atom is -0.465 e. The SMILES string of the molecule is CC(=O)OCCN1C(C)(CC(C)C)CC(OC(=O)c2ccc(C(C)(C)C)cc2)C(C(C)C)C1(C)CC(C)C. The summed E-state index contributed by atoms with van der Waals surface area (Å²) in [5, 5.41) is 0. The number of carbonyl (C=O) groups excluding carboxylic acids is 2. The number of likely N-dealkylation sites (tertiary alicyclic amines) is 1. The fourth-order valence-electron chi connectivity index (χ4n) is 7.39. The van der Waals surface area contributed by atoms with Crippen LogP contribution in [0.1, 0.15) is 118 Å². The zero-order valence-electron chi connectivity index (χ0n) is 26.3. The molecule has 5 heteroatoms. The van der Waals surface area contributed by atoms with Crippen molar-refractivity contribution in [2.75, 3.05) is 13.2 Å². The van der Waals surface area contributed by atoms with E-state index < -0.39 is 0 Å². The third-order valence-electron chi connectivity index (χ3n) is 8.28. The highest BCUT2D eigenvalue weighted by atomic mass is 16.5. The predicted molar refractivity (Wildman–Crippen MR) is 156 cm³/mol. The highest BCUT2D eigenvalue weighted by Gasteiger charge is 2.57. The molecule has 1 fully saturated rings. The first-order valence-electron chi connectivity index (χ1n) is 14.6. The highest BCUT2D eigenvalue weighted by molar-refractivity contribution is 5.89. The van der Waals surface area contributed by atoms with E-state index in [-0.39, 0.29) is 40.5 Å². The van der Waals surface area contributed by atoms with Gasteiger partial charge in [0.05, 0.1) is 5.56 Å². The molecule has 0 aliphatic carbocycles. The lowest BCUT2D eigenvalue weighted by Gasteiger charge is -2.63. The summed E-state index contributed by atoms with van der Waals surface area (Å²) in [6, 6.07) is 7.89. The molecule has 1 aliphatic rings. The number of carbonyl (C=O) groups is 2. The normalized spacial score (nSPS) is 26.7. The standard InChI is InChI=1S/C33H55NO4/c1-22(2)19-32(11)21-28(38-30(36)26-13-15-27(16-14-26)31(8,9)10)29(24(5)6)33(12,20-23(3)4)34(32)17-18-37-25(7)35/h13-16,22-24,28-29H,17-21H2,1-12H3. The summed E-state index contributed by atoms with van der Waals surface area (Å²) < 4.78 is 11.9. The molecule has 38 heavy (non-hydrogen) atoms. The number of rotatable bonds is 10.